The average Bonchev–Trinajstić information content (AvgIpc) is 2.61. The molecule has 24 heavy (non-hydrogen) atoms. The van der Waals surface area contributed by atoms with E-state index in [0.29, 0.717) is 30.9 Å². The van der Waals surface area contributed by atoms with Crippen molar-refractivity contribution in [2.75, 3.05) is 30.0 Å². The van der Waals surface area contributed by atoms with Crippen molar-refractivity contribution in [2.45, 2.75) is 6.54 Å². The van der Waals surface area contributed by atoms with Crippen molar-refractivity contribution < 1.29 is 19.4 Å². The normalized spacial score (nSPS) is 13.4. The molecule has 124 valence electrons. The van der Waals surface area contributed by atoms with Gasteiger partial charge in [-0.2, -0.15) is 0 Å². The molecule has 0 fully saturated rings. The van der Waals surface area contributed by atoms with Gasteiger partial charge in [0.05, 0.1) is 24.0 Å². The Morgan fingerprint density at radius 3 is 2.33 bits per heavy atom. The standard InChI is InChI=1S/C18H18N2O4/c1-24-17(21)14-8-6-13(7-9-14)12-19-10-11-20(18(22)23)16-5-3-2-4-15(16)19/h2-9H,10-12H2,1H3,(H,22,23). The Hall–Kier alpha value is -3.02. The third kappa shape index (κ3) is 3.03. The molecule has 0 radical (unpaired) electrons. The first-order valence-corrected chi connectivity index (χ1v) is 7.62. The first-order chi connectivity index (χ1) is 11.6. The minimum absolute atomic E-state index is 0.359. The van der Waals surface area contributed by atoms with E-state index >= 15 is 0 Å². The van der Waals surface area contributed by atoms with Crippen molar-refractivity contribution in [1.29, 1.82) is 0 Å². The number of carbonyl (C=O) groups excluding carboxylic acids is 1. The SMILES string of the molecule is COC(=O)c1ccc(CN2CCN(C(=O)O)c3ccccc32)cc1. The summed E-state index contributed by atoms with van der Waals surface area (Å²) in [5, 5.41) is 9.33. The first-order valence-electron chi connectivity index (χ1n) is 7.62. The van der Waals surface area contributed by atoms with Crippen molar-refractivity contribution in [2.24, 2.45) is 0 Å². The van der Waals surface area contributed by atoms with Gasteiger partial charge in [0.2, 0.25) is 0 Å². The second kappa shape index (κ2) is 6.62. The van der Waals surface area contributed by atoms with Crippen molar-refractivity contribution >= 4 is 23.4 Å². The fourth-order valence-electron chi connectivity index (χ4n) is 2.87. The van der Waals surface area contributed by atoms with E-state index in [4.69, 9.17) is 4.74 Å². The fourth-order valence-corrected chi connectivity index (χ4v) is 2.87. The van der Waals surface area contributed by atoms with Crippen LogP contribution < -0.4 is 9.80 Å². The summed E-state index contributed by atoms with van der Waals surface area (Å²) in [4.78, 5) is 26.4. The molecule has 1 aliphatic rings. The van der Waals surface area contributed by atoms with Crippen molar-refractivity contribution in [3.63, 3.8) is 0 Å². The predicted molar refractivity (Wildman–Crippen MR) is 90.6 cm³/mol. The molecule has 6 heteroatoms. The summed E-state index contributed by atoms with van der Waals surface area (Å²) in [7, 11) is 1.36. The van der Waals surface area contributed by atoms with Crippen LogP contribution in [0.25, 0.3) is 0 Å². The molecule has 0 bridgehead atoms. The Balaban J connectivity index is 1.82. The molecule has 3 rings (SSSR count). The van der Waals surface area contributed by atoms with Gasteiger partial charge in [0.25, 0.3) is 0 Å². The monoisotopic (exact) mass is 326 g/mol. The highest BCUT2D eigenvalue weighted by atomic mass is 16.5. The minimum Gasteiger partial charge on any atom is -0.465 e. The van der Waals surface area contributed by atoms with Crippen LogP contribution in [-0.4, -0.2) is 37.4 Å². The lowest BCUT2D eigenvalue weighted by molar-refractivity contribution is 0.0600. The van der Waals surface area contributed by atoms with E-state index in [-0.39, 0.29) is 5.97 Å². The average molecular weight is 326 g/mol. The number of amides is 1. The number of carbonyl (C=O) groups is 2. The van der Waals surface area contributed by atoms with E-state index in [1.165, 1.54) is 12.0 Å². The van der Waals surface area contributed by atoms with E-state index in [9.17, 15) is 14.7 Å². The number of esters is 1. The number of anilines is 2. The molecule has 0 atom stereocenters. The highest BCUT2D eigenvalue weighted by Gasteiger charge is 2.26. The van der Waals surface area contributed by atoms with Crippen LogP contribution in [0.4, 0.5) is 16.2 Å². The lowest BCUT2D eigenvalue weighted by atomic mass is 10.1. The lowest BCUT2D eigenvalue weighted by Crippen LogP contribution is -2.43. The molecule has 2 aromatic carbocycles. The number of hydrogen-bond acceptors (Lipinski definition) is 4. The van der Waals surface area contributed by atoms with Gasteiger partial charge in [-0.25, -0.2) is 9.59 Å². The molecule has 1 heterocycles. The van der Waals surface area contributed by atoms with E-state index in [1.54, 1.807) is 12.1 Å². The van der Waals surface area contributed by atoms with Crippen LogP contribution >= 0.6 is 0 Å². The number of rotatable bonds is 3. The molecular weight excluding hydrogens is 308 g/mol. The van der Waals surface area contributed by atoms with Gasteiger partial charge in [0.1, 0.15) is 0 Å². The number of ether oxygens (including phenoxy) is 1. The number of carboxylic acid groups (broad SMARTS) is 1. The van der Waals surface area contributed by atoms with Gasteiger partial charge < -0.3 is 14.7 Å². The van der Waals surface area contributed by atoms with Crippen molar-refractivity contribution in [3.05, 3.63) is 59.7 Å². The molecule has 0 aliphatic carbocycles. The zero-order valence-electron chi connectivity index (χ0n) is 13.3. The third-order valence-corrected chi connectivity index (χ3v) is 4.09. The number of fused-ring (bicyclic) bond motifs is 1. The van der Waals surface area contributed by atoms with E-state index in [2.05, 4.69) is 4.90 Å². The summed E-state index contributed by atoms with van der Waals surface area (Å²) >= 11 is 0. The third-order valence-electron chi connectivity index (χ3n) is 4.09. The Labute approximate surface area is 139 Å². The van der Waals surface area contributed by atoms with E-state index in [0.717, 1.165) is 11.3 Å². The van der Waals surface area contributed by atoms with Crippen LogP contribution in [0.5, 0.6) is 0 Å². The molecule has 0 aromatic heterocycles. The van der Waals surface area contributed by atoms with Gasteiger partial charge in [-0.05, 0) is 29.8 Å². The molecular formula is C18H18N2O4. The topological polar surface area (TPSA) is 70.1 Å². The van der Waals surface area contributed by atoms with Crippen molar-refractivity contribution in [3.8, 4) is 0 Å². The summed E-state index contributed by atoms with van der Waals surface area (Å²) in [5.74, 6) is -0.359. The van der Waals surface area contributed by atoms with Crippen LogP contribution in [-0.2, 0) is 11.3 Å². The Morgan fingerprint density at radius 2 is 1.71 bits per heavy atom. The van der Waals surface area contributed by atoms with Crippen LogP contribution in [0, 0.1) is 0 Å². The molecule has 1 N–H and O–H groups in total. The van der Waals surface area contributed by atoms with Crippen LogP contribution in [0.3, 0.4) is 0 Å². The Morgan fingerprint density at radius 1 is 1.04 bits per heavy atom. The first kappa shape index (κ1) is 15.9. The molecule has 0 unspecified atom stereocenters. The summed E-state index contributed by atoms with van der Waals surface area (Å²) in [5.41, 5.74) is 3.14. The minimum atomic E-state index is -0.940. The predicted octanol–water partition coefficient (Wildman–Crippen LogP) is 2.98. The molecule has 6 nitrogen and oxygen atoms in total. The highest BCUT2D eigenvalue weighted by Crippen LogP contribution is 2.33. The van der Waals surface area contributed by atoms with Gasteiger partial charge in [-0.15, -0.1) is 0 Å². The van der Waals surface area contributed by atoms with Crippen LogP contribution in [0.2, 0.25) is 0 Å². The molecule has 0 saturated heterocycles. The van der Waals surface area contributed by atoms with Gasteiger partial charge in [0, 0.05) is 19.6 Å². The van der Waals surface area contributed by atoms with Gasteiger partial charge in [0.15, 0.2) is 0 Å². The van der Waals surface area contributed by atoms with Crippen LogP contribution in [0.1, 0.15) is 15.9 Å². The highest BCUT2D eigenvalue weighted by molar-refractivity contribution is 5.92. The second-order valence-electron chi connectivity index (χ2n) is 5.53. The Kier molecular flexibility index (Phi) is 4.37. The molecule has 2 aromatic rings. The smallest absolute Gasteiger partial charge is 0.411 e. The quantitative estimate of drug-likeness (QED) is 0.878. The Bertz CT molecular complexity index is 758. The van der Waals surface area contributed by atoms with Gasteiger partial charge in [-0.1, -0.05) is 24.3 Å². The molecule has 1 amide bonds. The zero-order chi connectivity index (χ0) is 17.1. The van der Waals surface area contributed by atoms with Crippen molar-refractivity contribution in [1.82, 2.24) is 0 Å². The zero-order valence-corrected chi connectivity index (χ0v) is 13.3. The van der Waals surface area contributed by atoms with Crippen LogP contribution in [0.15, 0.2) is 48.5 Å². The maximum absolute atomic E-state index is 11.5. The molecule has 0 saturated carbocycles. The summed E-state index contributed by atoms with van der Waals surface area (Å²) in [6.45, 7) is 1.68. The van der Waals surface area contributed by atoms with E-state index < -0.39 is 6.09 Å². The van der Waals surface area contributed by atoms with E-state index in [1.807, 2.05) is 36.4 Å². The number of para-hydroxylation sites is 2. The number of benzene rings is 2. The number of nitrogens with zero attached hydrogens (tertiary/aromatic N) is 2. The summed E-state index contributed by atoms with van der Waals surface area (Å²) in [6, 6.07) is 14.7. The lowest BCUT2D eigenvalue weighted by Gasteiger charge is -2.36. The fraction of sp³-hybridized carbons (Fsp3) is 0.222. The summed E-state index contributed by atoms with van der Waals surface area (Å²) in [6.07, 6.45) is -0.940. The maximum atomic E-state index is 11.5. The maximum Gasteiger partial charge on any atom is 0.411 e. The second-order valence-corrected chi connectivity index (χ2v) is 5.53. The number of hydrogen-bond donors (Lipinski definition) is 1. The number of methoxy groups -OCH3 is 1. The molecule has 0 spiro atoms. The van der Waals surface area contributed by atoms with Gasteiger partial charge in [-0.3, -0.25) is 4.90 Å². The largest absolute Gasteiger partial charge is 0.465 e. The van der Waals surface area contributed by atoms with Gasteiger partial charge >= 0.3 is 12.1 Å². The summed E-state index contributed by atoms with van der Waals surface area (Å²) < 4.78 is 4.70. The molecule has 1 aliphatic heterocycles.